The van der Waals surface area contributed by atoms with Crippen LogP contribution in [0.1, 0.15) is 19.8 Å². The Morgan fingerprint density at radius 2 is 2.07 bits per heavy atom. The molecular formula is C10H13NO4. The fraction of sp³-hybridized carbons (Fsp3) is 0.600. The summed E-state index contributed by atoms with van der Waals surface area (Å²) in [7, 11) is 0. The summed E-state index contributed by atoms with van der Waals surface area (Å²) >= 11 is 0. The average Bonchev–Trinajstić information content (AvgIpc) is 2.71. The van der Waals surface area contributed by atoms with E-state index in [1.165, 1.54) is 6.08 Å². The fourth-order valence-electron chi connectivity index (χ4n) is 1.70. The molecule has 0 bridgehead atoms. The summed E-state index contributed by atoms with van der Waals surface area (Å²) in [4.78, 5) is 22.1. The van der Waals surface area contributed by atoms with Gasteiger partial charge in [0.2, 0.25) is 0 Å². The van der Waals surface area contributed by atoms with E-state index in [-0.39, 0.29) is 11.8 Å². The average molecular weight is 211 g/mol. The number of rotatable bonds is 3. The molecule has 5 heteroatoms. The van der Waals surface area contributed by atoms with E-state index in [4.69, 9.17) is 9.47 Å². The van der Waals surface area contributed by atoms with Crippen LogP contribution in [-0.2, 0) is 19.1 Å². The predicted molar refractivity (Wildman–Crippen MR) is 50.8 cm³/mol. The van der Waals surface area contributed by atoms with Gasteiger partial charge in [0.1, 0.15) is 0 Å². The summed E-state index contributed by atoms with van der Waals surface area (Å²) < 4.78 is 10.8. The summed E-state index contributed by atoms with van der Waals surface area (Å²) in [6.45, 7) is 3.01. The van der Waals surface area contributed by atoms with Crippen LogP contribution in [0.2, 0.25) is 0 Å². The fourth-order valence-corrected chi connectivity index (χ4v) is 1.70. The van der Waals surface area contributed by atoms with E-state index in [0.717, 1.165) is 0 Å². The van der Waals surface area contributed by atoms with Crippen molar-refractivity contribution >= 4 is 11.8 Å². The summed E-state index contributed by atoms with van der Waals surface area (Å²) in [5.41, 5.74) is 0.500. The van der Waals surface area contributed by atoms with Crippen LogP contribution in [-0.4, -0.2) is 30.8 Å². The minimum absolute atomic E-state index is 0.304. The molecule has 0 unspecified atom stereocenters. The van der Waals surface area contributed by atoms with Crippen molar-refractivity contribution in [1.29, 1.82) is 0 Å². The number of hydrogen-bond acceptors (Lipinski definition) is 4. The van der Waals surface area contributed by atoms with Crippen LogP contribution >= 0.6 is 0 Å². The summed E-state index contributed by atoms with van der Waals surface area (Å²) in [6.07, 6.45) is 2.41. The molecule has 0 aliphatic carbocycles. The van der Waals surface area contributed by atoms with Gasteiger partial charge in [0.05, 0.1) is 13.2 Å². The Kier molecular flexibility index (Phi) is 2.58. The Bertz CT molecular complexity index is 328. The van der Waals surface area contributed by atoms with Crippen molar-refractivity contribution in [3.63, 3.8) is 0 Å². The maximum absolute atomic E-state index is 11.2. The van der Waals surface area contributed by atoms with E-state index >= 15 is 0 Å². The minimum atomic E-state index is -0.604. The highest BCUT2D eigenvalue weighted by Gasteiger charge is 2.32. The Hall–Kier alpha value is -1.20. The molecule has 2 heterocycles. The van der Waals surface area contributed by atoms with Gasteiger partial charge >= 0.3 is 0 Å². The molecule has 0 radical (unpaired) electrons. The van der Waals surface area contributed by atoms with Crippen LogP contribution < -0.4 is 5.32 Å². The van der Waals surface area contributed by atoms with E-state index in [1.54, 1.807) is 0 Å². The Morgan fingerprint density at radius 3 is 2.60 bits per heavy atom. The number of nitrogens with one attached hydrogen (secondary N) is 1. The first-order chi connectivity index (χ1) is 7.09. The highest BCUT2D eigenvalue weighted by Crippen LogP contribution is 2.26. The zero-order valence-corrected chi connectivity index (χ0v) is 8.54. The van der Waals surface area contributed by atoms with Crippen LogP contribution in [0, 0.1) is 0 Å². The second kappa shape index (κ2) is 3.75. The maximum Gasteiger partial charge on any atom is 0.254 e. The van der Waals surface area contributed by atoms with Gasteiger partial charge < -0.3 is 9.47 Å². The molecule has 1 fully saturated rings. The third-order valence-corrected chi connectivity index (χ3v) is 2.58. The van der Waals surface area contributed by atoms with Crippen LogP contribution in [0.25, 0.3) is 0 Å². The molecule has 0 saturated carbocycles. The molecule has 2 aliphatic rings. The minimum Gasteiger partial charge on any atom is -0.348 e. The van der Waals surface area contributed by atoms with Gasteiger partial charge in [-0.25, -0.2) is 0 Å². The molecule has 2 amide bonds. The van der Waals surface area contributed by atoms with Gasteiger partial charge in [-0.2, -0.15) is 0 Å². The Labute approximate surface area is 87.4 Å². The Morgan fingerprint density at radius 1 is 1.40 bits per heavy atom. The van der Waals surface area contributed by atoms with Crippen molar-refractivity contribution in [1.82, 2.24) is 5.32 Å². The molecule has 0 spiro atoms. The molecule has 2 aliphatic heterocycles. The lowest BCUT2D eigenvalue weighted by Gasteiger charge is -2.21. The lowest BCUT2D eigenvalue weighted by Crippen LogP contribution is -2.27. The molecule has 2 rings (SSSR count). The van der Waals surface area contributed by atoms with Crippen molar-refractivity contribution in [2.75, 3.05) is 13.2 Å². The van der Waals surface area contributed by atoms with E-state index in [1.807, 2.05) is 6.92 Å². The molecule has 0 atom stereocenters. The molecule has 0 aromatic rings. The van der Waals surface area contributed by atoms with E-state index < -0.39 is 5.79 Å². The lowest BCUT2D eigenvalue weighted by atomic mass is 10.1. The van der Waals surface area contributed by atoms with Crippen LogP contribution in [0.15, 0.2) is 11.6 Å². The molecule has 1 N–H and O–H groups in total. The summed E-state index contributed by atoms with van der Waals surface area (Å²) in [5, 5.41) is 2.20. The van der Waals surface area contributed by atoms with E-state index in [9.17, 15) is 9.59 Å². The highest BCUT2D eigenvalue weighted by atomic mass is 16.7. The predicted octanol–water partition coefficient (Wildman–Crippen LogP) is 0.112. The number of imide groups is 1. The molecule has 5 nitrogen and oxygen atoms in total. The van der Waals surface area contributed by atoms with Gasteiger partial charge in [0.25, 0.3) is 11.8 Å². The van der Waals surface area contributed by atoms with E-state index in [0.29, 0.717) is 31.6 Å². The van der Waals surface area contributed by atoms with E-state index in [2.05, 4.69) is 5.32 Å². The normalized spacial score (nSPS) is 24.2. The first-order valence-corrected chi connectivity index (χ1v) is 4.93. The van der Waals surface area contributed by atoms with Gasteiger partial charge in [0.15, 0.2) is 5.79 Å². The lowest BCUT2D eigenvalue weighted by molar-refractivity contribution is -0.146. The first kappa shape index (κ1) is 10.3. The van der Waals surface area contributed by atoms with Gasteiger partial charge in [0, 0.05) is 18.1 Å². The maximum atomic E-state index is 11.2. The van der Waals surface area contributed by atoms with Gasteiger partial charge in [-0.1, -0.05) is 0 Å². The quantitative estimate of drug-likeness (QED) is 0.673. The molecule has 0 aromatic heterocycles. The number of carbonyl (C=O) groups excluding carboxylic acids is 2. The molecule has 82 valence electrons. The van der Waals surface area contributed by atoms with Crippen molar-refractivity contribution in [2.45, 2.75) is 25.6 Å². The second-order valence-corrected chi connectivity index (χ2v) is 3.82. The third kappa shape index (κ3) is 2.24. The van der Waals surface area contributed by atoms with Crippen molar-refractivity contribution in [2.24, 2.45) is 0 Å². The van der Waals surface area contributed by atoms with Crippen LogP contribution in [0.5, 0.6) is 0 Å². The molecule has 0 aromatic carbocycles. The second-order valence-electron chi connectivity index (χ2n) is 3.82. The SMILES string of the molecule is CC1(CCC2=CC(=O)NC2=O)OCCO1. The van der Waals surface area contributed by atoms with Gasteiger partial charge in [-0.3, -0.25) is 14.9 Å². The van der Waals surface area contributed by atoms with Gasteiger partial charge in [-0.05, 0) is 13.3 Å². The number of amides is 2. The Balaban J connectivity index is 1.90. The zero-order chi connectivity index (χ0) is 10.9. The molecule has 1 saturated heterocycles. The third-order valence-electron chi connectivity index (χ3n) is 2.58. The standard InChI is InChI=1S/C10H13NO4/c1-10(14-4-5-15-10)3-2-7-6-8(12)11-9(7)13/h6H,2-5H2,1H3,(H,11,12,13). The highest BCUT2D eigenvalue weighted by molar-refractivity contribution is 6.16. The topological polar surface area (TPSA) is 64.6 Å². The molecule has 15 heavy (non-hydrogen) atoms. The van der Waals surface area contributed by atoms with Crippen molar-refractivity contribution in [3.8, 4) is 0 Å². The number of hydrogen-bond donors (Lipinski definition) is 1. The van der Waals surface area contributed by atoms with Gasteiger partial charge in [-0.15, -0.1) is 0 Å². The smallest absolute Gasteiger partial charge is 0.254 e. The number of carbonyl (C=O) groups is 2. The van der Waals surface area contributed by atoms with Crippen molar-refractivity contribution < 1.29 is 19.1 Å². The van der Waals surface area contributed by atoms with Crippen LogP contribution in [0.3, 0.4) is 0 Å². The van der Waals surface area contributed by atoms with Crippen LogP contribution in [0.4, 0.5) is 0 Å². The summed E-state index contributed by atoms with van der Waals surface area (Å²) in [6, 6.07) is 0. The monoisotopic (exact) mass is 211 g/mol. The number of ether oxygens (including phenoxy) is 2. The molecular weight excluding hydrogens is 198 g/mol. The first-order valence-electron chi connectivity index (χ1n) is 4.93. The van der Waals surface area contributed by atoms with Crippen molar-refractivity contribution in [3.05, 3.63) is 11.6 Å². The zero-order valence-electron chi connectivity index (χ0n) is 8.54. The summed E-state index contributed by atoms with van der Waals surface area (Å²) in [5.74, 6) is -1.25. The largest absolute Gasteiger partial charge is 0.348 e.